The normalized spacial score (nSPS) is 16.2. The van der Waals surface area contributed by atoms with Gasteiger partial charge in [0.2, 0.25) is 5.95 Å². The molecule has 176 valence electrons. The van der Waals surface area contributed by atoms with E-state index in [1.165, 1.54) is 12.4 Å². The number of nitrogens with zero attached hydrogens (tertiary/aromatic N) is 3. The third kappa shape index (κ3) is 5.47. The summed E-state index contributed by atoms with van der Waals surface area (Å²) >= 11 is 0.791. The lowest BCUT2D eigenvalue weighted by atomic mass is 10.1. The minimum absolute atomic E-state index is 0.0210. The average molecular weight is 475 g/mol. The molecule has 0 spiro atoms. The molecule has 1 amide bonds. The molecule has 3 rings (SSSR count). The van der Waals surface area contributed by atoms with E-state index in [0.717, 1.165) is 11.3 Å². The van der Waals surface area contributed by atoms with Crippen molar-refractivity contribution >= 4 is 39.4 Å². The number of rotatable bonds is 7. The smallest absolute Gasteiger partial charge is 0.434 e. The molecule has 12 heteroatoms. The first-order valence-corrected chi connectivity index (χ1v) is 11.0. The van der Waals surface area contributed by atoms with Crippen molar-refractivity contribution < 1.29 is 32.2 Å². The SMILES string of the molecule is CNC(=O)c1csc2c(C(F)(F)F)nc(N3CCC(OC(=O)C[C@@H](C)COC)CC3)nc12. The molecule has 32 heavy (non-hydrogen) atoms. The summed E-state index contributed by atoms with van der Waals surface area (Å²) < 4.78 is 51.3. The summed E-state index contributed by atoms with van der Waals surface area (Å²) in [7, 11) is 2.97. The Morgan fingerprint density at radius 3 is 2.59 bits per heavy atom. The number of alkyl halides is 3. The zero-order valence-corrected chi connectivity index (χ0v) is 18.8. The van der Waals surface area contributed by atoms with E-state index in [1.807, 2.05) is 6.92 Å². The van der Waals surface area contributed by atoms with Crippen LogP contribution in [0, 0.1) is 5.92 Å². The van der Waals surface area contributed by atoms with Crippen molar-refractivity contribution in [3.8, 4) is 0 Å². The fourth-order valence-electron chi connectivity index (χ4n) is 3.57. The number of carbonyl (C=O) groups is 2. The number of carbonyl (C=O) groups excluding carboxylic acids is 2. The Kier molecular flexibility index (Phi) is 7.55. The van der Waals surface area contributed by atoms with Crippen LogP contribution in [0.4, 0.5) is 19.1 Å². The second kappa shape index (κ2) is 9.99. The summed E-state index contributed by atoms with van der Waals surface area (Å²) in [5, 5.41) is 3.77. The number of methoxy groups -OCH3 is 1. The summed E-state index contributed by atoms with van der Waals surface area (Å²) in [4.78, 5) is 33.9. The molecule has 2 aromatic rings. The molecule has 0 aromatic carbocycles. The number of amides is 1. The molecule has 2 aromatic heterocycles. The molecule has 1 N–H and O–H groups in total. The number of fused-ring (bicyclic) bond motifs is 1. The van der Waals surface area contributed by atoms with Gasteiger partial charge >= 0.3 is 12.1 Å². The Balaban J connectivity index is 1.76. The molecule has 0 aliphatic carbocycles. The predicted octanol–water partition coefficient (Wildman–Crippen LogP) is 3.25. The van der Waals surface area contributed by atoms with E-state index in [-0.39, 0.29) is 46.1 Å². The number of esters is 1. The molecule has 1 saturated heterocycles. The van der Waals surface area contributed by atoms with Gasteiger partial charge in [-0.15, -0.1) is 11.3 Å². The summed E-state index contributed by atoms with van der Waals surface area (Å²) in [5.74, 6) is -0.888. The molecule has 0 bridgehead atoms. The number of anilines is 1. The Morgan fingerprint density at radius 2 is 2.00 bits per heavy atom. The lowest BCUT2D eigenvalue weighted by Gasteiger charge is -2.32. The van der Waals surface area contributed by atoms with Gasteiger partial charge in [-0.25, -0.2) is 9.97 Å². The number of piperidine rings is 1. The van der Waals surface area contributed by atoms with Crippen LogP contribution in [0.1, 0.15) is 42.2 Å². The highest BCUT2D eigenvalue weighted by molar-refractivity contribution is 7.17. The molecule has 0 radical (unpaired) electrons. The maximum Gasteiger partial charge on any atom is 0.434 e. The second-order valence-corrected chi connectivity index (χ2v) is 8.60. The number of hydrogen-bond donors (Lipinski definition) is 1. The zero-order valence-electron chi connectivity index (χ0n) is 18.0. The molecular formula is C20H25F3N4O4S. The van der Waals surface area contributed by atoms with Gasteiger partial charge in [-0.1, -0.05) is 6.92 Å². The number of halogens is 3. The van der Waals surface area contributed by atoms with Crippen LogP contribution < -0.4 is 10.2 Å². The molecular weight excluding hydrogens is 449 g/mol. The van der Waals surface area contributed by atoms with Gasteiger partial charge in [-0.2, -0.15) is 13.2 Å². The Hall–Kier alpha value is -2.47. The standard InChI is InChI=1S/C20H25F3N4O4S/c1-11(9-30-3)8-14(28)31-12-4-6-27(7-5-12)19-25-15-13(18(29)24-2)10-32-16(15)17(26-19)20(21,22)23/h10-12H,4-9H2,1-3H3,(H,24,29)/t11-/m1/s1. The van der Waals surface area contributed by atoms with Gasteiger partial charge in [-0.3, -0.25) is 9.59 Å². The van der Waals surface area contributed by atoms with E-state index in [9.17, 15) is 22.8 Å². The minimum atomic E-state index is -4.69. The maximum atomic E-state index is 13.7. The van der Waals surface area contributed by atoms with E-state index >= 15 is 0 Å². The first-order valence-electron chi connectivity index (χ1n) is 10.2. The fraction of sp³-hybridized carbons (Fsp3) is 0.600. The van der Waals surface area contributed by atoms with Crippen LogP contribution >= 0.6 is 11.3 Å². The number of hydrogen-bond acceptors (Lipinski definition) is 8. The Morgan fingerprint density at radius 1 is 1.31 bits per heavy atom. The number of thiophene rings is 1. The van der Waals surface area contributed by atoms with Gasteiger partial charge in [0.1, 0.15) is 11.6 Å². The summed E-state index contributed by atoms with van der Waals surface area (Å²) in [6.45, 7) is 2.99. The Bertz CT molecular complexity index is 974. The van der Waals surface area contributed by atoms with E-state index in [1.54, 1.807) is 12.0 Å². The summed E-state index contributed by atoms with van der Waals surface area (Å²) in [6.07, 6.45) is -3.88. The van der Waals surface area contributed by atoms with Crippen LogP contribution in [0.25, 0.3) is 10.2 Å². The van der Waals surface area contributed by atoms with E-state index in [2.05, 4.69) is 15.3 Å². The monoisotopic (exact) mass is 474 g/mol. The molecule has 8 nitrogen and oxygen atoms in total. The number of aromatic nitrogens is 2. The van der Waals surface area contributed by atoms with Crippen molar-refractivity contribution in [1.29, 1.82) is 0 Å². The summed E-state index contributed by atoms with van der Waals surface area (Å²) in [6, 6.07) is 0. The van der Waals surface area contributed by atoms with Crippen molar-refractivity contribution in [2.24, 2.45) is 5.92 Å². The fourth-order valence-corrected chi connectivity index (χ4v) is 4.57. The third-order valence-corrected chi connectivity index (χ3v) is 6.11. The van der Waals surface area contributed by atoms with Crippen molar-refractivity contribution in [2.75, 3.05) is 38.8 Å². The molecule has 1 aliphatic rings. The van der Waals surface area contributed by atoms with E-state index in [0.29, 0.717) is 32.5 Å². The van der Waals surface area contributed by atoms with Gasteiger partial charge in [-0.05, 0) is 5.92 Å². The van der Waals surface area contributed by atoms with E-state index in [4.69, 9.17) is 9.47 Å². The number of nitrogens with one attached hydrogen (secondary N) is 1. The van der Waals surface area contributed by atoms with Crippen LogP contribution in [0.5, 0.6) is 0 Å². The van der Waals surface area contributed by atoms with Crippen LogP contribution in [-0.2, 0) is 20.4 Å². The van der Waals surface area contributed by atoms with Gasteiger partial charge in [0.15, 0.2) is 5.69 Å². The lowest BCUT2D eigenvalue weighted by molar-refractivity contribution is -0.151. The predicted molar refractivity (Wildman–Crippen MR) is 113 cm³/mol. The largest absolute Gasteiger partial charge is 0.462 e. The number of ether oxygens (including phenoxy) is 2. The van der Waals surface area contributed by atoms with Crippen LogP contribution in [-0.4, -0.2) is 61.8 Å². The molecule has 1 atom stereocenters. The van der Waals surface area contributed by atoms with Gasteiger partial charge in [0, 0.05) is 52.1 Å². The topological polar surface area (TPSA) is 93.7 Å². The van der Waals surface area contributed by atoms with Crippen molar-refractivity contribution in [1.82, 2.24) is 15.3 Å². The van der Waals surface area contributed by atoms with Gasteiger partial charge < -0.3 is 19.7 Å². The van der Waals surface area contributed by atoms with Gasteiger partial charge in [0.05, 0.1) is 16.7 Å². The van der Waals surface area contributed by atoms with Crippen molar-refractivity contribution in [3.63, 3.8) is 0 Å². The third-order valence-electron chi connectivity index (χ3n) is 5.13. The second-order valence-electron chi connectivity index (χ2n) is 7.72. The van der Waals surface area contributed by atoms with E-state index < -0.39 is 17.8 Å². The first kappa shape index (κ1) is 24.2. The Labute approximate surface area is 187 Å². The molecule has 0 unspecified atom stereocenters. The zero-order chi connectivity index (χ0) is 23.5. The summed E-state index contributed by atoms with van der Waals surface area (Å²) in [5.41, 5.74) is -0.999. The maximum absolute atomic E-state index is 13.7. The van der Waals surface area contributed by atoms with Crippen molar-refractivity contribution in [3.05, 3.63) is 16.6 Å². The highest BCUT2D eigenvalue weighted by Gasteiger charge is 2.38. The quantitative estimate of drug-likeness (QED) is 0.616. The molecule has 3 heterocycles. The molecule has 1 fully saturated rings. The van der Waals surface area contributed by atoms with Crippen LogP contribution in [0.15, 0.2) is 5.38 Å². The molecule has 1 aliphatic heterocycles. The molecule has 0 saturated carbocycles. The van der Waals surface area contributed by atoms with Crippen molar-refractivity contribution in [2.45, 2.75) is 38.5 Å². The highest BCUT2D eigenvalue weighted by Crippen LogP contribution is 2.38. The highest BCUT2D eigenvalue weighted by atomic mass is 32.1. The first-order chi connectivity index (χ1) is 15.1. The lowest BCUT2D eigenvalue weighted by Crippen LogP contribution is -2.39. The minimum Gasteiger partial charge on any atom is -0.462 e. The average Bonchev–Trinajstić information content (AvgIpc) is 3.16. The van der Waals surface area contributed by atoms with Gasteiger partial charge in [0.25, 0.3) is 5.91 Å². The van der Waals surface area contributed by atoms with Crippen LogP contribution in [0.3, 0.4) is 0 Å². The van der Waals surface area contributed by atoms with Crippen LogP contribution in [0.2, 0.25) is 0 Å².